The Labute approximate surface area is 281 Å². The van der Waals surface area contributed by atoms with Crippen molar-refractivity contribution in [2.45, 2.75) is 155 Å². The molecule has 3 aromatic heterocycles. The lowest BCUT2D eigenvalue weighted by molar-refractivity contribution is 0.556. The van der Waals surface area contributed by atoms with Gasteiger partial charge in [0.05, 0.1) is 7.57 Å². The van der Waals surface area contributed by atoms with Crippen LogP contribution >= 0.6 is 65.9 Å². The van der Waals surface area contributed by atoms with Gasteiger partial charge >= 0.3 is 0 Å². The number of aryl methyl sites for hydroxylation is 2. The third-order valence-corrected chi connectivity index (χ3v) is 13.6. The van der Waals surface area contributed by atoms with Gasteiger partial charge in [-0.15, -0.1) is 34.0 Å². The molecule has 0 radical (unpaired) electrons. The minimum atomic E-state index is 1.20. The van der Waals surface area contributed by atoms with Crippen molar-refractivity contribution in [1.29, 1.82) is 0 Å². The van der Waals surface area contributed by atoms with E-state index in [0.717, 1.165) is 0 Å². The third kappa shape index (κ3) is 13.7. The Bertz CT molecular complexity index is 994. The minimum Gasteiger partial charge on any atom is -0.134 e. The van der Waals surface area contributed by atoms with Gasteiger partial charge in [-0.3, -0.25) is 0 Å². The van der Waals surface area contributed by atoms with Gasteiger partial charge < -0.3 is 0 Å². The largest absolute Gasteiger partial charge is 0.134 e. The average Bonchev–Trinajstić information content (AvgIpc) is 3.69. The molecule has 0 fully saturated rings. The van der Waals surface area contributed by atoms with E-state index in [2.05, 4.69) is 70.0 Å². The maximum absolute atomic E-state index is 3.88. The fraction of sp³-hybridized carbons (Fsp3) is 0.667. The number of rotatable bonds is 24. The summed E-state index contributed by atoms with van der Waals surface area (Å²) in [4.78, 5) is 5.63. The predicted octanol–water partition coefficient (Wildman–Crippen LogP) is 15.7. The Morgan fingerprint density at radius 2 is 0.732 bits per heavy atom. The maximum atomic E-state index is 3.88. The topological polar surface area (TPSA) is 0 Å². The van der Waals surface area contributed by atoms with Crippen LogP contribution in [-0.4, -0.2) is 0 Å². The van der Waals surface area contributed by atoms with Crippen molar-refractivity contribution in [2.75, 3.05) is 0 Å². The van der Waals surface area contributed by atoms with E-state index in [0.29, 0.717) is 0 Å². The van der Waals surface area contributed by atoms with Crippen LogP contribution in [0.2, 0.25) is 0 Å². The summed E-state index contributed by atoms with van der Waals surface area (Å²) in [5, 5.41) is 0. The molecule has 3 rings (SSSR count). The number of unbranched alkanes of at least 4 members (excludes halogenated alkanes) is 18. The van der Waals surface area contributed by atoms with Gasteiger partial charge in [-0.05, 0) is 92.9 Å². The van der Waals surface area contributed by atoms with Crippen LogP contribution in [0.25, 0.3) is 19.5 Å². The predicted molar refractivity (Wildman–Crippen MR) is 197 cm³/mol. The normalized spacial score (nSPS) is 11.6. The molecule has 0 unspecified atom stereocenters. The van der Waals surface area contributed by atoms with E-state index in [-0.39, 0.29) is 0 Å². The number of thiophene rings is 3. The number of hydrogen-bond donors (Lipinski definition) is 0. The quantitative estimate of drug-likeness (QED) is 0.0802. The average molecular weight is 743 g/mol. The molecule has 0 saturated heterocycles. The smallest absolute Gasteiger partial charge is 0.0737 e. The first-order valence-electron chi connectivity index (χ1n) is 16.8. The lowest BCUT2D eigenvalue weighted by atomic mass is 10.0. The molecule has 3 heterocycles. The van der Waals surface area contributed by atoms with Crippen LogP contribution in [0.3, 0.4) is 0 Å². The summed E-state index contributed by atoms with van der Waals surface area (Å²) in [6.45, 7) is 4.59. The maximum Gasteiger partial charge on any atom is 0.0737 e. The SMILES string of the molecule is CCCCCCCCCCCCc1cc(-c2ccc(-c3cc(CCCCCCCCCCCC)c(Br)s3)s2)sc1Br. The molecule has 230 valence electrons. The van der Waals surface area contributed by atoms with E-state index in [1.807, 2.05) is 34.0 Å². The van der Waals surface area contributed by atoms with Crippen LogP contribution in [0.15, 0.2) is 31.8 Å². The molecule has 0 atom stereocenters. The monoisotopic (exact) mass is 740 g/mol. The van der Waals surface area contributed by atoms with Crippen molar-refractivity contribution >= 4 is 65.9 Å². The zero-order valence-corrected chi connectivity index (χ0v) is 31.5. The standard InChI is InChI=1S/C36H54Br2S3/c1-3-5-7-9-11-13-15-17-19-21-23-29-27-33(40-35(29)37)31-25-26-32(39-31)34-28-30(36(38)41-34)24-22-20-18-16-14-12-10-8-6-4-2/h25-28H,3-24H2,1-2H3. The lowest BCUT2D eigenvalue weighted by Gasteiger charge is -2.02. The van der Waals surface area contributed by atoms with Crippen molar-refractivity contribution in [1.82, 2.24) is 0 Å². The molecule has 0 aromatic carbocycles. The van der Waals surface area contributed by atoms with Gasteiger partial charge in [-0.25, -0.2) is 0 Å². The zero-order valence-electron chi connectivity index (χ0n) is 25.8. The van der Waals surface area contributed by atoms with E-state index >= 15 is 0 Å². The summed E-state index contributed by atoms with van der Waals surface area (Å²) in [6.07, 6.45) is 30.4. The molecule has 0 spiro atoms. The Balaban J connectivity index is 1.37. The third-order valence-electron chi connectivity index (χ3n) is 8.21. The van der Waals surface area contributed by atoms with E-state index in [4.69, 9.17) is 0 Å². The van der Waals surface area contributed by atoms with Crippen LogP contribution in [0, 0.1) is 0 Å². The second-order valence-corrected chi connectivity index (χ2v) is 17.7. The first-order chi connectivity index (χ1) is 20.1. The fourth-order valence-corrected chi connectivity index (χ4v) is 10.3. The van der Waals surface area contributed by atoms with Gasteiger partial charge in [0.25, 0.3) is 0 Å². The van der Waals surface area contributed by atoms with Crippen molar-refractivity contribution in [3.63, 3.8) is 0 Å². The summed E-state index contributed by atoms with van der Waals surface area (Å²) in [5.41, 5.74) is 2.99. The van der Waals surface area contributed by atoms with Crippen molar-refractivity contribution < 1.29 is 0 Å². The van der Waals surface area contributed by atoms with Gasteiger partial charge in [-0.1, -0.05) is 129 Å². The Kier molecular flexibility index (Phi) is 18.8. The van der Waals surface area contributed by atoms with Crippen LogP contribution in [-0.2, 0) is 12.8 Å². The first kappa shape index (κ1) is 35.5. The molecule has 0 saturated carbocycles. The van der Waals surface area contributed by atoms with Gasteiger partial charge in [0, 0.05) is 19.5 Å². The minimum absolute atomic E-state index is 1.20. The second-order valence-electron chi connectivity index (χ2n) is 11.8. The summed E-state index contributed by atoms with van der Waals surface area (Å²) in [5.74, 6) is 0. The molecule has 5 heteroatoms. The van der Waals surface area contributed by atoms with Gasteiger partial charge in [0.2, 0.25) is 0 Å². The Morgan fingerprint density at radius 3 is 1.07 bits per heavy atom. The van der Waals surface area contributed by atoms with Crippen LogP contribution < -0.4 is 0 Å². The summed E-state index contributed by atoms with van der Waals surface area (Å²) in [7, 11) is 0. The zero-order chi connectivity index (χ0) is 29.1. The van der Waals surface area contributed by atoms with E-state index in [1.54, 1.807) is 0 Å². The highest BCUT2D eigenvalue weighted by Gasteiger charge is 2.14. The molecule has 41 heavy (non-hydrogen) atoms. The van der Waals surface area contributed by atoms with Crippen LogP contribution in [0.5, 0.6) is 0 Å². The number of halogens is 2. The summed E-state index contributed by atoms with van der Waals surface area (Å²) < 4.78 is 2.66. The molecule has 0 amide bonds. The fourth-order valence-electron chi connectivity index (χ4n) is 5.61. The molecule has 0 nitrogen and oxygen atoms in total. The Hall–Kier alpha value is 0.0600. The van der Waals surface area contributed by atoms with E-state index in [1.165, 1.54) is 179 Å². The molecular formula is C36H54Br2S3. The molecule has 0 N–H and O–H groups in total. The second kappa shape index (κ2) is 21.7. The van der Waals surface area contributed by atoms with Crippen molar-refractivity contribution in [3.05, 3.63) is 43.0 Å². The van der Waals surface area contributed by atoms with Crippen molar-refractivity contribution in [3.8, 4) is 19.5 Å². The van der Waals surface area contributed by atoms with Gasteiger partial charge in [0.15, 0.2) is 0 Å². The molecule has 0 aliphatic carbocycles. The summed E-state index contributed by atoms with van der Waals surface area (Å²) in [6, 6.07) is 9.55. The van der Waals surface area contributed by atoms with Crippen molar-refractivity contribution in [2.24, 2.45) is 0 Å². The van der Waals surface area contributed by atoms with Gasteiger partial charge in [-0.2, -0.15) is 0 Å². The summed E-state index contributed by atoms with van der Waals surface area (Å²) >= 11 is 13.5. The van der Waals surface area contributed by atoms with Gasteiger partial charge in [0.1, 0.15) is 0 Å². The lowest BCUT2D eigenvalue weighted by Crippen LogP contribution is -1.85. The first-order valence-corrected chi connectivity index (χ1v) is 20.8. The van der Waals surface area contributed by atoms with E-state index in [9.17, 15) is 0 Å². The highest BCUT2D eigenvalue weighted by molar-refractivity contribution is 9.11. The molecule has 0 aliphatic rings. The number of hydrogen-bond acceptors (Lipinski definition) is 3. The van der Waals surface area contributed by atoms with Crippen LogP contribution in [0.1, 0.15) is 153 Å². The molecule has 0 aliphatic heterocycles. The molecule has 3 aromatic rings. The highest BCUT2D eigenvalue weighted by Crippen LogP contribution is 2.44. The highest BCUT2D eigenvalue weighted by atomic mass is 79.9. The Morgan fingerprint density at radius 1 is 0.415 bits per heavy atom. The van der Waals surface area contributed by atoms with E-state index < -0.39 is 0 Å². The molecular weight excluding hydrogens is 688 g/mol. The molecule has 0 bridgehead atoms. The van der Waals surface area contributed by atoms with Crippen LogP contribution in [0.4, 0.5) is 0 Å².